The number of imidazole rings is 1. The van der Waals surface area contributed by atoms with Crippen molar-refractivity contribution in [1.29, 1.82) is 0 Å². The summed E-state index contributed by atoms with van der Waals surface area (Å²) in [4.78, 5) is 19.1. The van der Waals surface area contributed by atoms with Crippen molar-refractivity contribution in [3.8, 4) is 0 Å². The number of fused-ring (bicyclic) bond motifs is 1. The second-order valence-electron chi connectivity index (χ2n) is 4.48. The Labute approximate surface area is 135 Å². The molecule has 0 bridgehead atoms. The summed E-state index contributed by atoms with van der Waals surface area (Å²) in [6, 6.07) is 11.7. The number of hydrogen-bond donors (Lipinski definition) is 1. The van der Waals surface area contributed by atoms with Crippen LogP contribution in [0.1, 0.15) is 10.4 Å². The van der Waals surface area contributed by atoms with Gasteiger partial charge in [-0.2, -0.15) is 0 Å². The van der Waals surface area contributed by atoms with E-state index in [2.05, 4.69) is 9.97 Å². The van der Waals surface area contributed by atoms with Crippen molar-refractivity contribution in [1.82, 2.24) is 9.97 Å². The predicted molar refractivity (Wildman–Crippen MR) is 86.8 cm³/mol. The quantitative estimate of drug-likeness (QED) is 0.422. The number of halogens is 2. The highest BCUT2D eigenvalue weighted by Gasteiger charge is 2.07. The number of carbonyl (C=O) groups excluding carboxylic acids is 1. The highest BCUT2D eigenvalue weighted by molar-refractivity contribution is 8.02. The molecule has 0 spiro atoms. The molecule has 1 aromatic heterocycles. The standard InChI is InChI=1S/C16H10ClFN2OS/c17-11-8-13-14(9-12(11)18)20-16(19-13)22-7-6-15(21)10-4-2-1-3-5-10/h1-9H,(H,19,20). The first-order valence-corrected chi connectivity index (χ1v) is 7.66. The minimum absolute atomic E-state index is 0.0327. The lowest BCUT2D eigenvalue weighted by Gasteiger charge is -1.93. The number of ketones is 1. The van der Waals surface area contributed by atoms with Gasteiger partial charge in [-0.05, 0) is 17.6 Å². The Hall–Kier alpha value is -2.11. The van der Waals surface area contributed by atoms with E-state index in [1.54, 1.807) is 17.5 Å². The molecule has 0 saturated heterocycles. The zero-order valence-electron chi connectivity index (χ0n) is 11.2. The van der Waals surface area contributed by atoms with E-state index in [9.17, 15) is 9.18 Å². The number of carbonyl (C=O) groups is 1. The van der Waals surface area contributed by atoms with E-state index in [0.717, 1.165) is 0 Å². The molecule has 6 heteroatoms. The molecule has 0 aliphatic carbocycles. The molecule has 0 saturated carbocycles. The Kier molecular flexibility index (Phi) is 4.27. The highest BCUT2D eigenvalue weighted by Crippen LogP contribution is 2.25. The van der Waals surface area contributed by atoms with E-state index >= 15 is 0 Å². The summed E-state index contributed by atoms with van der Waals surface area (Å²) >= 11 is 6.96. The van der Waals surface area contributed by atoms with E-state index in [4.69, 9.17) is 11.6 Å². The van der Waals surface area contributed by atoms with Crippen LogP contribution >= 0.6 is 23.4 Å². The van der Waals surface area contributed by atoms with Crippen LogP contribution in [0.3, 0.4) is 0 Å². The van der Waals surface area contributed by atoms with Gasteiger partial charge in [-0.1, -0.05) is 53.7 Å². The van der Waals surface area contributed by atoms with Crippen molar-refractivity contribution in [2.24, 2.45) is 0 Å². The summed E-state index contributed by atoms with van der Waals surface area (Å²) in [5.41, 5.74) is 1.77. The fourth-order valence-electron chi connectivity index (χ4n) is 1.90. The summed E-state index contributed by atoms with van der Waals surface area (Å²) in [5.74, 6) is -0.581. The number of nitrogens with one attached hydrogen (secondary N) is 1. The molecule has 0 fully saturated rings. The Balaban J connectivity index is 1.74. The zero-order valence-corrected chi connectivity index (χ0v) is 12.8. The van der Waals surface area contributed by atoms with E-state index in [-0.39, 0.29) is 10.8 Å². The number of H-pyrrole nitrogens is 1. The molecular weight excluding hydrogens is 323 g/mol. The van der Waals surface area contributed by atoms with Crippen LogP contribution in [0.4, 0.5) is 4.39 Å². The second kappa shape index (κ2) is 6.34. The van der Waals surface area contributed by atoms with E-state index in [0.29, 0.717) is 21.8 Å². The monoisotopic (exact) mass is 332 g/mol. The van der Waals surface area contributed by atoms with Gasteiger partial charge in [-0.15, -0.1) is 0 Å². The first-order valence-electron chi connectivity index (χ1n) is 6.41. The van der Waals surface area contributed by atoms with Crippen molar-refractivity contribution >= 4 is 40.2 Å². The lowest BCUT2D eigenvalue weighted by atomic mass is 10.1. The molecule has 110 valence electrons. The molecule has 22 heavy (non-hydrogen) atoms. The largest absolute Gasteiger partial charge is 0.333 e. The van der Waals surface area contributed by atoms with Crippen LogP contribution in [0.5, 0.6) is 0 Å². The number of thioether (sulfide) groups is 1. The number of aromatic nitrogens is 2. The van der Waals surface area contributed by atoms with Gasteiger partial charge in [0, 0.05) is 11.6 Å². The Morgan fingerprint density at radius 1 is 1.27 bits per heavy atom. The number of rotatable bonds is 4. The maximum Gasteiger partial charge on any atom is 0.186 e. The molecule has 0 amide bonds. The average Bonchev–Trinajstić information content (AvgIpc) is 2.90. The zero-order chi connectivity index (χ0) is 15.5. The van der Waals surface area contributed by atoms with Crippen molar-refractivity contribution < 1.29 is 9.18 Å². The maximum absolute atomic E-state index is 13.4. The Morgan fingerprint density at radius 3 is 2.82 bits per heavy atom. The predicted octanol–water partition coefficient (Wildman–Crippen LogP) is 4.84. The Bertz CT molecular complexity index is 822. The van der Waals surface area contributed by atoms with Crippen LogP contribution in [-0.4, -0.2) is 15.8 Å². The van der Waals surface area contributed by atoms with Gasteiger partial charge in [-0.3, -0.25) is 4.79 Å². The van der Waals surface area contributed by atoms with Crippen LogP contribution in [0.15, 0.2) is 59.1 Å². The molecule has 0 unspecified atom stereocenters. The molecule has 1 heterocycles. The molecule has 3 rings (SSSR count). The SMILES string of the molecule is O=C(C=CSc1nc2cc(Cl)c(F)cc2[nH]1)c1ccccc1. The summed E-state index contributed by atoms with van der Waals surface area (Å²) in [6.07, 6.45) is 1.47. The lowest BCUT2D eigenvalue weighted by molar-refractivity contribution is 0.104. The molecular formula is C16H10ClFN2OS. The number of benzene rings is 2. The number of nitrogens with zero attached hydrogens (tertiary/aromatic N) is 1. The lowest BCUT2D eigenvalue weighted by Crippen LogP contribution is -1.92. The van der Waals surface area contributed by atoms with E-state index in [1.165, 1.54) is 30.0 Å². The van der Waals surface area contributed by atoms with E-state index in [1.807, 2.05) is 18.2 Å². The van der Waals surface area contributed by atoms with Crippen LogP contribution in [0, 0.1) is 5.82 Å². The normalized spacial score (nSPS) is 11.4. The van der Waals surface area contributed by atoms with Gasteiger partial charge >= 0.3 is 0 Å². The molecule has 0 aliphatic heterocycles. The molecule has 0 radical (unpaired) electrons. The molecule has 3 nitrogen and oxygen atoms in total. The fourth-order valence-corrected chi connectivity index (χ4v) is 2.69. The van der Waals surface area contributed by atoms with Gasteiger partial charge in [0.25, 0.3) is 0 Å². The molecule has 3 aromatic rings. The van der Waals surface area contributed by atoms with Gasteiger partial charge < -0.3 is 4.98 Å². The Morgan fingerprint density at radius 2 is 2.05 bits per heavy atom. The summed E-state index contributed by atoms with van der Waals surface area (Å²) < 4.78 is 13.4. The van der Waals surface area contributed by atoms with Crippen LogP contribution in [-0.2, 0) is 0 Å². The van der Waals surface area contributed by atoms with Gasteiger partial charge in [0.05, 0.1) is 16.1 Å². The second-order valence-corrected chi connectivity index (χ2v) is 5.78. The minimum Gasteiger partial charge on any atom is -0.333 e. The third-order valence-corrected chi connectivity index (χ3v) is 3.94. The van der Waals surface area contributed by atoms with Crippen molar-refractivity contribution in [2.75, 3.05) is 0 Å². The first kappa shape index (κ1) is 14.8. The third kappa shape index (κ3) is 3.21. The molecule has 2 aromatic carbocycles. The van der Waals surface area contributed by atoms with Crippen molar-refractivity contribution in [2.45, 2.75) is 5.16 Å². The van der Waals surface area contributed by atoms with Gasteiger partial charge in [0.15, 0.2) is 10.9 Å². The summed E-state index contributed by atoms with van der Waals surface area (Å²) in [6.45, 7) is 0. The molecule has 0 aliphatic rings. The van der Waals surface area contributed by atoms with Crippen LogP contribution < -0.4 is 0 Å². The number of hydrogen-bond acceptors (Lipinski definition) is 3. The van der Waals surface area contributed by atoms with Gasteiger partial charge in [0.1, 0.15) is 5.82 Å². The van der Waals surface area contributed by atoms with Crippen molar-refractivity contribution in [3.63, 3.8) is 0 Å². The van der Waals surface area contributed by atoms with Gasteiger partial charge in [0.2, 0.25) is 0 Å². The third-order valence-electron chi connectivity index (χ3n) is 2.96. The molecule has 1 N–H and O–H groups in total. The topological polar surface area (TPSA) is 45.8 Å². The smallest absolute Gasteiger partial charge is 0.186 e. The first-order chi connectivity index (χ1) is 10.6. The number of allylic oxidation sites excluding steroid dienone is 1. The molecule has 0 atom stereocenters. The van der Waals surface area contributed by atoms with Crippen molar-refractivity contribution in [3.05, 3.63) is 70.4 Å². The average molecular weight is 333 g/mol. The van der Waals surface area contributed by atoms with Crippen LogP contribution in [0.2, 0.25) is 5.02 Å². The van der Waals surface area contributed by atoms with E-state index < -0.39 is 5.82 Å². The highest BCUT2D eigenvalue weighted by atomic mass is 35.5. The van der Waals surface area contributed by atoms with Gasteiger partial charge in [-0.25, -0.2) is 9.37 Å². The maximum atomic E-state index is 13.4. The summed E-state index contributed by atoms with van der Waals surface area (Å²) in [5, 5.41) is 2.24. The summed E-state index contributed by atoms with van der Waals surface area (Å²) in [7, 11) is 0. The number of aromatic amines is 1. The minimum atomic E-state index is -0.496. The van der Waals surface area contributed by atoms with Crippen LogP contribution in [0.25, 0.3) is 11.0 Å². The fraction of sp³-hybridized carbons (Fsp3) is 0.